The van der Waals surface area contributed by atoms with E-state index in [1.807, 2.05) is 6.07 Å². The average molecular weight is 404 g/mol. The van der Waals surface area contributed by atoms with E-state index in [4.69, 9.17) is 9.47 Å². The van der Waals surface area contributed by atoms with Crippen LogP contribution in [0.1, 0.15) is 24.0 Å². The van der Waals surface area contributed by atoms with E-state index in [-0.39, 0.29) is 29.5 Å². The van der Waals surface area contributed by atoms with E-state index in [1.54, 1.807) is 7.11 Å². The van der Waals surface area contributed by atoms with Crippen molar-refractivity contribution in [2.24, 2.45) is 17.3 Å². The number of aliphatic hydroxyl groups is 1. The average Bonchev–Trinajstić information content (AvgIpc) is 3.15. The van der Waals surface area contributed by atoms with Gasteiger partial charge in [0, 0.05) is 42.0 Å². The summed E-state index contributed by atoms with van der Waals surface area (Å²) in [5.41, 5.74) is 2.43. The number of aliphatic hydroxyl groups excluding tert-OH is 1. The lowest BCUT2D eigenvalue weighted by atomic mass is 9.41. The minimum absolute atomic E-state index is 0.0882. The molecule has 1 saturated carbocycles. The second kappa shape index (κ2) is 6.60. The molecule has 0 aromatic heterocycles. The highest BCUT2D eigenvalue weighted by Gasteiger charge is 2.71. The number of benzene rings is 2. The van der Waals surface area contributed by atoms with Crippen LogP contribution in [0.3, 0.4) is 0 Å². The third kappa shape index (κ3) is 2.24. The van der Waals surface area contributed by atoms with Crippen molar-refractivity contribution < 1.29 is 14.6 Å². The van der Waals surface area contributed by atoms with Gasteiger partial charge in [0.1, 0.15) is 6.10 Å². The number of likely N-dealkylation sites (tertiary alicyclic amines) is 1. The molecule has 4 heteroatoms. The van der Waals surface area contributed by atoms with Crippen LogP contribution >= 0.6 is 0 Å². The van der Waals surface area contributed by atoms with Crippen LogP contribution in [0.5, 0.6) is 11.5 Å². The molecule has 0 radical (unpaired) electrons. The van der Waals surface area contributed by atoms with Crippen LogP contribution in [0.2, 0.25) is 0 Å². The maximum absolute atomic E-state index is 10.5. The van der Waals surface area contributed by atoms with E-state index in [0.29, 0.717) is 5.92 Å². The number of hydrogen-bond acceptors (Lipinski definition) is 4. The van der Waals surface area contributed by atoms with Gasteiger partial charge in [0.2, 0.25) is 0 Å². The first-order valence-electron chi connectivity index (χ1n) is 11.1. The lowest BCUT2D eigenvalue weighted by molar-refractivity contribution is -0.126. The fraction of sp³-hybridized carbons (Fsp3) is 0.462. The fourth-order valence-corrected chi connectivity index (χ4v) is 7.12. The normalized spacial score (nSPS) is 36.0. The summed E-state index contributed by atoms with van der Waals surface area (Å²) < 4.78 is 12.4. The van der Waals surface area contributed by atoms with Crippen molar-refractivity contribution >= 4 is 0 Å². The van der Waals surface area contributed by atoms with E-state index in [1.165, 1.54) is 11.1 Å². The van der Waals surface area contributed by atoms with Gasteiger partial charge in [-0.25, -0.2) is 0 Å². The second-order valence-electron chi connectivity index (χ2n) is 9.47. The molecule has 2 bridgehead atoms. The Morgan fingerprint density at radius 1 is 1.17 bits per heavy atom. The SMILES string of the molecule is COc1cccc2c1OC1C3C=CC4(CN(Cc5ccccc5)CCC214)C(CO)C3. The van der Waals surface area contributed by atoms with Gasteiger partial charge < -0.3 is 14.6 Å². The van der Waals surface area contributed by atoms with Gasteiger partial charge in [-0.3, -0.25) is 4.90 Å². The molecule has 2 fully saturated rings. The molecule has 7 rings (SSSR count). The monoisotopic (exact) mass is 403 g/mol. The van der Waals surface area contributed by atoms with Crippen molar-refractivity contribution in [3.63, 3.8) is 0 Å². The Hall–Kier alpha value is -2.30. The Morgan fingerprint density at radius 2 is 2.03 bits per heavy atom. The molecule has 5 unspecified atom stereocenters. The van der Waals surface area contributed by atoms with Crippen LogP contribution in [-0.2, 0) is 12.0 Å². The lowest BCUT2D eigenvalue weighted by Gasteiger charge is -2.65. The minimum Gasteiger partial charge on any atom is -0.493 e. The Labute approximate surface area is 178 Å². The fourth-order valence-electron chi connectivity index (χ4n) is 7.12. The topological polar surface area (TPSA) is 41.9 Å². The molecule has 2 spiro atoms. The maximum Gasteiger partial charge on any atom is 0.165 e. The van der Waals surface area contributed by atoms with Crippen molar-refractivity contribution in [3.8, 4) is 11.5 Å². The highest BCUT2D eigenvalue weighted by atomic mass is 16.5. The molecule has 3 aliphatic carbocycles. The predicted molar refractivity (Wildman–Crippen MR) is 116 cm³/mol. The summed E-state index contributed by atoms with van der Waals surface area (Å²) in [4.78, 5) is 2.58. The van der Waals surface area contributed by atoms with Gasteiger partial charge in [-0.1, -0.05) is 54.6 Å². The zero-order valence-electron chi connectivity index (χ0n) is 17.5. The summed E-state index contributed by atoms with van der Waals surface area (Å²) in [5.74, 6) is 2.36. The molecule has 5 aliphatic rings. The van der Waals surface area contributed by atoms with E-state index in [2.05, 4.69) is 59.5 Å². The molecule has 1 N–H and O–H groups in total. The van der Waals surface area contributed by atoms with Crippen LogP contribution in [0.15, 0.2) is 60.7 Å². The molecule has 5 atom stereocenters. The molecular weight excluding hydrogens is 374 g/mol. The first-order chi connectivity index (χ1) is 14.7. The summed E-state index contributed by atoms with van der Waals surface area (Å²) in [7, 11) is 1.72. The van der Waals surface area contributed by atoms with E-state index >= 15 is 0 Å². The van der Waals surface area contributed by atoms with Gasteiger partial charge in [0.15, 0.2) is 11.5 Å². The van der Waals surface area contributed by atoms with Gasteiger partial charge in [0.05, 0.1) is 7.11 Å². The van der Waals surface area contributed by atoms with Crippen LogP contribution in [0.25, 0.3) is 0 Å². The van der Waals surface area contributed by atoms with Gasteiger partial charge in [-0.05, 0) is 36.9 Å². The number of piperidine rings is 1. The molecule has 30 heavy (non-hydrogen) atoms. The zero-order chi connectivity index (χ0) is 20.3. The van der Waals surface area contributed by atoms with Crippen molar-refractivity contribution in [2.75, 3.05) is 26.8 Å². The van der Waals surface area contributed by atoms with E-state index in [0.717, 1.165) is 44.0 Å². The number of methoxy groups -OCH3 is 1. The minimum atomic E-state index is -0.119. The number of rotatable bonds is 4. The number of ether oxygens (including phenoxy) is 2. The van der Waals surface area contributed by atoms with Crippen LogP contribution in [0.4, 0.5) is 0 Å². The number of fused-ring (bicyclic) bond motifs is 2. The predicted octanol–water partition coefficient (Wildman–Crippen LogP) is 3.78. The molecule has 2 heterocycles. The van der Waals surface area contributed by atoms with Crippen LogP contribution in [-0.4, -0.2) is 42.9 Å². The second-order valence-corrected chi connectivity index (χ2v) is 9.47. The first-order valence-corrected chi connectivity index (χ1v) is 11.1. The van der Waals surface area contributed by atoms with Crippen LogP contribution in [0, 0.1) is 17.3 Å². The summed E-state index contributed by atoms with van der Waals surface area (Å²) >= 11 is 0. The quantitative estimate of drug-likeness (QED) is 0.789. The molecule has 2 aromatic rings. The Morgan fingerprint density at radius 3 is 2.83 bits per heavy atom. The molecule has 2 aromatic carbocycles. The lowest BCUT2D eigenvalue weighted by Crippen LogP contribution is -2.70. The van der Waals surface area contributed by atoms with Gasteiger partial charge in [-0.2, -0.15) is 0 Å². The molecule has 156 valence electrons. The van der Waals surface area contributed by atoms with E-state index < -0.39 is 0 Å². The van der Waals surface area contributed by atoms with Crippen LogP contribution < -0.4 is 9.47 Å². The maximum atomic E-state index is 10.5. The molecule has 2 aliphatic heterocycles. The Bertz CT molecular complexity index is 989. The number of hydrogen-bond donors (Lipinski definition) is 1. The van der Waals surface area contributed by atoms with Crippen molar-refractivity contribution in [3.05, 3.63) is 71.8 Å². The van der Waals surface area contributed by atoms with Crippen molar-refractivity contribution in [1.29, 1.82) is 0 Å². The standard InChI is InChI=1S/C26H29NO3/c1-29-22-9-5-8-21-23(22)30-24-19-10-11-25(20(14-19)16-28)17-27(13-12-26(21,24)25)15-18-6-3-2-4-7-18/h2-11,19-20,24,28H,12-17H2,1H3. The number of para-hydroxylation sites is 1. The summed E-state index contributed by atoms with van der Waals surface area (Å²) in [6.45, 7) is 3.16. The van der Waals surface area contributed by atoms with Crippen molar-refractivity contribution in [1.82, 2.24) is 4.90 Å². The largest absolute Gasteiger partial charge is 0.493 e. The van der Waals surface area contributed by atoms with E-state index in [9.17, 15) is 5.11 Å². The summed E-state index contributed by atoms with van der Waals surface area (Å²) in [6, 6.07) is 17.1. The highest BCUT2D eigenvalue weighted by molar-refractivity contribution is 5.58. The third-order valence-electron chi connectivity index (χ3n) is 8.33. The number of nitrogens with zero attached hydrogens (tertiary/aromatic N) is 1. The van der Waals surface area contributed by atoms with Crippen molar-refractivity contribution in [2.45, 2.75) is 30.9 Å². The molecule has 0 amide bonds. The van der Waals surface area contributed by atoms with Gasteiger partial charge in [0.25, 0.3) is 0 Å². The molecular formula is C26H29NO3. The molecule has 4 nitrogen and oxygen atoms in total. The molecule has 1 saturated heterocycles. The Balaban J connectivity index is 1.46. The van der Waals surface area contributed by atoms with Gasteiger partial charge >= 0.3 is 0 Å². The summed E-state index contributed by atoms with van der Waals surface area (Å²) in [6.07, 6.45) is 7.00. The smallest absolute Gasteiger partial charge is 0.165 e. The third-order valence-corrected chi connectivity index (χ3v) is 8.33. The highest BCUT2D eigenvalue weighted by Crippen LogP contribution is 2.69. The summed E-state index contributed by atoms with van der Waals surface area (Å²) in [5, 5.41) is 10.5. The first kappa shape index (κ1) is 18.5. The Kier molecular flexibility index (Phi) is 4.06. The zero-order valence-corrected chi connectivity index (χ0v) is 17.5. The van der Waals surface area contributed by atoms with Gasteiger partial charge in [-0.15, -0.1) is 0 Å².